The van der Waals surface area contributed by atoms with Crippen LogP contribution in [0.3, 0.4) is 0 Å². The number of nitriles is 1. The Morgan fingerprint density at radius 3 is 2.00 bits per heavy atom. The summed E-state index contributed by atoms with van der Waals surface area (Å²) in [5.41, 5.74) is 6.39. The third kappa shape index (κ3) is 3.04. The van der Waals surface area contributed by atoms with Crippen molar-refractivity contribution in [3.63, 3.8) is 0 Å². The molecule has 0 saturated heterocycles. The number of rotatable bonds is 4. The highest BCUT2D eigenvalue weighted by Gasteiger charge is 2.14. The van der Waals surface area contributed by atoms with Crippen LogP contribution in [0.1, 0.15) is 36.1 Å². The molecule has 0 radical (unpaired) electrons. The van der Waals surface area contributed by atoms with Gasteiger partial charge in [0.2, 0.25) is 0 Å². The Balaban J connectivity index is 2.95. The molecular formula is C16H24N2. The van der Waals surface area contributed by atoms with Crippen molar-refractivity contribution in [3.8, 4) is 6.07 Å². The number of nitrogens with zero attached hydrogens (tertiary/aromatic N) is 1. The van der Waals surface area contributed by atoms with Gasteiger partial charge in [0.1, 0.15) is 0 Å². The summed E-state index contributed by atoms with van der Waals surface area (Å²) in [6.45, 7) is 13.5. The van der Waals surface area contributed by atoms with Crippen LogP contribution in [-0.2, 0) is 0 Å². The summed E-state index contributed by atoms with van der Waals surface area (Å²) < 4.78 is 0. The molecule has 0 aliphatic heterocycles. The third-order valence-corrected chi connectivity index (χ3v) is 3.84. The molecule has 0 aromatic heterocycles. The lowest BCUT2D eigenvalue weighted by atomic mass is 9.95. The molecule has 1 rings (SSSR count). The van der Waals surface area contributed by atoms with Crippen molar-refractivity contribution >= 4 is 5.69 Å². The average molecular weight is 244 g/mol. The summed E-state index contributed by atoms with van der Waals surface area (Å²) in [6, 6.07) is 4.60. The van der Waals surface area contributed by atoms with E-state index < -0.39 is 0 Å². The van der Waals surface area contributed by atoms with Crippen LogP contribution >= 0.6 is 0 Å². The summed E-state index contributed by atoms with van der Waals surface area (Å²) in [4.78, 5) is 0. The molecule has 1 aromatic carbocycles. The van der Waals surface area contributed by atoms with Crippen molar-refractivity contribution in [2.45, 2.75) is 41.5 Å². The van der Waals surface area contributed by atoms with E-state index in [4.69, 9.17) is 5.26 Å². The normalized spacial score (nSPS) is 12.3. The molecule has 1 N–H and O–H groups in total. The number of aryl methyl sites for hydroxylation is 2. The molecule has 2 heteroatoms. The van der Waals surface area contributed by atoms with Crippen LogP contribution in [0.5, 0.6) is 0 Å². The maximum atomic E-state index is 9.13. The topological polar surface area (TPSA) is 35.8 Å². The molecule has 0 aliphatic rings. The Morgan fingerprint density at radius 1 is 1.11 bits per heavy atom. The number of hydrogen-bond acceptors (Lipinski definition) is 2. The minimum atomic E-state index is 0.0598. The molecule has 1 unspecified atom stereocenters. The van der Waals surface area contributed by atoms with Gasteiger partial charge in [-0.25, -0.2) is 0 Å². The lowest BCUT2D eigenvalue weighted by Crippen LogP contribution is -2.19. The summed E-state index contributed by atoms with van der Waals surface area (Å²) in [5.74, 6) is 0.443. The van der Waals surface area contributed by atoms with Gasteiger partial charge in [0.05, 0.1) is 12.0 Å². The van der Waals surface area contributed by atoms with Gasteiger partial charge in [-0.1, -0.05) is 19.9 Å². The maximum absolute atomic E-state index is 9.13. The molecule has 18 heavy (non-hydrogen) atoms. The Hall–Kier alpha value is -1.49. The SMILES string of the molecule is Cc1cc(C)c(C)c(NCC(C#N)C(C)C)c1C. The molecule has 0 saturated carbocycles. The average Bonchev–Trinajstić information content (AvgIpc) is 2.31. The fraction of sp³-hybridized carbons (Fsp3) is 0.562. The first kappa shape index (κ1) is 14.6. The molecule has 1 atom stereocenters. The van der Waals surface area contributed by atoms with E-state index in [1.807, 2.05) is 0 Å². The van der Waals surface area contributed by atoms with Crippen LogP contribution in [0, 0.1) is 50.9 Å². The van der Waals surface area contributed by atoms with E-state index >= 15 is 0 Å². The Morgan fingerprint density at radius 2 is 1.61 bits per heavy atom. The maximum Gasteiger partial charge on any atom is 0.0677 e. The van der Waals surface area contributed by atoms with E-state index in [0.717, 1.165) is 6.54 Å². The van der Waals surface area contributed by atoms with Gasteiger partial charge in [0.15, 0.2) is 0 Å². The Kier molecular flexibility index (Phi) is 4.78. The standard InChI is InChI=1S/C16H24N2/c1-10(2)15(8-17)9-18-16-13(5)11(3)7-12(4)14(16)6/h7,10,15,18H,9H2,1-6H3. The number of anilines is 1. The number of benzene rings is 1. The van der Waals surface area contributed by atoms with Crippen molar-refractivity contribution in [1.29, 1.82) is 5.26 Å². The molecule has 0 spiro atoms. The molecule has 0 fully saturated rings. The summed E-state index contributed by atoms with van der Waals surface area (Å²) in [6.07, 6.45) is 0. The summed E-state index contributed by atoms with van der Waals surface area (Å²) in [5, 5.41) is 12.6. The van der Waals surface area contributed by atoms with Gasteiger partial charge in [-0.3, -0.25) is 0 Å². The van der Waals surface area contributed by atoms with Crippen LogP contribution in [0.2, 0.25) is 0 Å². The van der Waals surface area contributed by atoms with Crippen LogP contribution in [-0.4, -0.2) is 6.54 Å². The first-order chi connectivity index (χ1) is 8.38. The predicted octanol–water partition coefficient (Wildman–Crippen LogP) is 4.13. The molecule has 0 aliphatic carbocycles. The molecule has 0 heterocycles. The quantitative estimate of drug-likeness (QED) is 0.864. The zero-order valence-corrected chi connectivity index (χ0v) is 12.4. The zero-order chi connectivity index (χ0) is 13.9. The van der Waals surface area contributed by atoms with Gasteiger partial charge in [-0.2, -0.15) is 5.26 Å². The molecule has 1 aromatic rings. The monoisotopic (exact) mass is 244 g/mol. The van der Waals surface area contributed by atoms with E-state index in [1.165, 1.54) is 27.9 Å². The zero-order valence-electron chi connectivity index (χ0n) is 12.4. The van der Waals surface area contributed by atoms with Gasteiger partial charge in [-0.15, -0.1) is 0 Å². The molecule has 2 nitrogen and oxygen atoms in total. The van der Waals surface area contributed by atoms with Gasteiger partial charge < -0.3 is 5.32 Å². The van der Waals surface area contributed by atoms with Crippen LogP contribution in [0.4, 0.5) is 5.69 Å². The second-order valence-corrected chi connectivity index (χ2v) is 5.50. The first-order valence-electron chi connectivity index (χ1n) is 6.59. The highest BCUT2D eigenvalue weighted by molar-refractivity contribution is 5.62. The smallest absolute Gasteiger partial charge is 0.0677 e. The molecular weight excluding hydrogens is 220 g/mol. The molecule has 98 valence electrons. The van der Waals surface area contributed by atoms with Gasteiger partial charge in [-0.05, 0) is 55.9 Å². The van der Waals surface area contributed by atoms with Gasteiger partial charge in [0, 0.05) is 12.2 Å². The summed E-state index contributed by atoms with van der Waals surface area (Å²) in [7, 11) is 0. The van der Waals surface area contributed by atoms with Crippen LogP contribution in [0.25, 0.3) is 0 Å². The lowest BCUT2D eigenvalue weighted by molar-refractivity contribution is 0.496. The van der Waals surface area contributed by atoms with E-state index in [9.17, 15) is 0 Å². The predicted molar refractivity (Wildman–Crippen MR) is 77.8 cm³/mol. The van der Waals surface area contributed by atoms with Crippen molar-refractivity contribution in [1.82, 2.24) is 0 Å². The van der Waals surface area contributed by atoms with Crippen LogP contribution in [0.15, 0.2) is 6.07 Å². The minimum Gasteiger partial charge on any atom is -0.383 e. The van der Waals surface area contributed by atoms with E-state index in [-0.39, 0.29) is 5.92 Å². The van der Waals surface area contributed by atoms with E-state index in [1.54, 1.807) is 0 Å². The largest absolute Gasteiger partial charge is 0.383 e. The Bertz CT molecular complexity index is 441. The van der Waals surface area contributed by atoms with Gasteiger partial charge in [0.25, 0.3) is 0 Å². The third-order valence-electron chi connectivity index (χ3n) is 3.84. The van der Waals surface area contributed by atoms with Crippen molar-refractivity contribution in [3.05, 3.63) is 28.3 Å². The number of nitrogens with one attached hydrogen (secondary N) is 1. The van der Waals surface area contributed by atoms with Crippen molar-refractivity contribution in [2.75, 3.05) is 11.9 Å². The fourth-order valence-corrected chi connectivity index (χ4v) is 2.12. The molecule has 0 bridgehead atoms. The highest BCUT2D eigenvalue weighted by Crippen LogP contribution is 2.27. The van der Waals surface area contributed by atoms with E-state index in [0.29, 0.717) is 5.92 Å². The van der Waals surface area contributed by atoms with Crippen LogP contribution < -0.4 is 5.32 Å². The molecule has 0 amide bonds. The lowest BCUT2D eigenvalue weighted by Gasteiger charge is -2.20. The number of hydrogen-bond donors (Lipinski definition) is 1. The van der Waals surface area contributed by atoms with Crippen molar-refractivity contribution in [2.24, 2.45) is 11.8 Å². The Labute approximate surface area is 111 Å². The minimum absolute atomic E-state index is 0.0598. The fourth-order valence-electron chi connectivity index (χ4n) is 2.12. The van der Waals surface area contributed by atoms with Crippen molar-refractivity contribution < 1.29 is 0 Å². The first-order valence-corrected chi connectivity index (χ1v) is 6.59. The second-order valence-electron chi connectivity index (χ2n) is 5.50. The second kappa shape index (κ2) is 5.91. The highest BCUT2D eigenvalue weighted by atomic mass is 14.9. The summed E-state index contributed by atoms with van der Waals surface area (Å²) >= 11 is 0. The van der Waals surface area contributed by atoms with E-state index in [2.05, 4.69) is 59.0 Å². The van der Waals surface area contributed by atoms with Gasteiger partial charge >= 0.3 is 0 Å².